The first kappa shape index (κ1) is 19.4. The molecule has 0 saturated carbocycles. The van der Waals surface area contributed by atoms with Crippen molar-refractivity contribution in [1.29, 1.82) is 0 Å². The van der Waals surface area contributed by atoms with Crippen molar-refractivity contribution in [1.82, 2.24) is 9.97 Å². The van der Waals surface area contributed by atoms with Gasteiger partial charge in [-0.3, -0.25) is 9.88 Å². The molecule has 5 nitrogen and oxygen atoms in total. The number of allylic oxidation sites excluding steroid dienone is 1. The molecule has 2 aliphatic rings. The maximum Gasteiger partial charge on any atom is 0.416 e. The van der Waals surface area contributed by atoms with Crippen LogP contribution in [0.5, 0.6) is 0 Å². The lowest BCUT2D eigenvalue weighted by Crippen LogP contribution is -2.39. The summed E-state index contributed by atoms with van der Waals surface area (Å²) in [5.41, 5.74) is 2.22. The zero-order valence-corrected chi connectivity index (χ0v) is 18.3. The molecule has 28 heavy (non-hydrogen) atoms. The average molecular weight is 463 g/mol. The highest BCUT2D eigenvalue weighted by atomic mass is 79.9. The van der Waals surface area contributed by atoms with Crippen LogP contribution in [0.15, 0.2) is 41.3 Å². The Morgan fingerprint density at radius 3 is 2.82 bits per heavy atom. The van der Waals surface area contributed by atoms with E-state index in [1.807, 2.05) is 33.0 Å². The van der Waals surface area contributed by atoms with Gasteiger partial charge in [-0.1, -0.05) is 23.7 Å². The van der Waals surface area contributed by atoms with E-state index >= 15 is 0 Å². The first-order valence-corrected chi connectivity index (χ1v) is 10.3. The second-order valence-electron chi connectivity index (χ2n) is 8.25. The lowest BCUT2D eigenvalue weighted by molar-refractivity contribution is 0.0579. The molecule has 0 N–H and O–H groups in total. The number of rotatable bonds is 1. The van der Waals surface area contributed by atoms with Crippen molar-refractivity contribution in [3.63, 3.8) is 0 Å². The third kappa shape index (κ3) is 3.33. The number of fused-ring (bicyclic) bond motifs is 2. The molecule has 1 amide bonds. The molecule has 2 aromatic heterocycles. The van der Waals surface area contributed by atoms with E-state index in [0.29, 0.717) is 17.4 Å². The summed E-state index contributed by atoms with van der Waals surface area (Å²) in [6, 6.07) is 3.99. The highest BCUT2D eigenvalue weighted by Gasteiger charge is 2.49. The van der Waals surface area contributed by atoms with Crippen LogP contribution in [0, 0.1) is 0 Å². The smallest absolute Gasteiger partial charge is 0.416 e. The number of carbonyl (C=O) groups excluding carboxylic acids is 1. The lowest BCUT2D eigenvalue weighted by atomic mass is 9.82. The molecule has 0 saturated heterocycles. The van der Waals surface area contributed by atoms with Crippen molar-refractivity contribution in [3.05, 3.63) is 57.4 Å². The highest BCUT2D eigenvalue weighted by molar-refractivity contribution is 9.10. The molecule has 1 spiro atoms. The van der Waals surface area contributed by atoms with Crippen LogP contribution in [0.25, 0.3) is 5.57 Å². The monoisotopic (exact) mass is 461 g/mol. The zero-order chi connectivity index (χ0) is 20.1. The Kier molecular flexibility index (Phi) is 4.74. The van der Waals surface area contributed by atoms with Gasteiger partial charge in [0.2, 0.25) is 0 Å². The van der Waals surface area contributed by atoms with Gasteiger partial charge in [0.05, 0.1) is 9.50 Å². The van der Waals surface area contributed by atoms with Gasteiger partial charge in [-0.25, -0.2) is 9.78 Å². The molecular weight excluding hydrogens is 442 g/mol. The van der Waals surface area contributed by atoms with Crippen LogP contribution in [0.2, 0.25) is 5.02 Å². The summed E-state index contributed by atoms with van der Waals surface area (Å²) in [5.74, 6) is 0.575. The van der Waals surface area contributed by atoms with E-state index in [9.17, 15) is 4.79 Å². The fraction of sp³-hybridized carbons (Fsp3) is 0.381. The number of hydrogen-bond acceptors (Lipinski definition) is 4. The van der Waals surface area contributed by atoms with Crippen LogP contribution in [0.1, 0.15) is 44.7 Å². The standard InChI is InChI=1S/C21H21BrClN3O2/c1-20(2,3)28-19(27)26-12-21(16-17(23)15(22)11-25-18(16)26)7-6-13(9-21)14-5-4-8-24-10-14/h4-5,8-11H,6-7,12H2,1-3H3. The summed E-state index contributed by atoms with van der Waals surface area (Å²) >= 11 is 10.2. The molecule has 1 aliphatic heterocycles. The van der Waals surface area contributed by atoms with Crippen molar-refractivity contribution in [2.24, 2.45) is 0 Å². The Morgan fingerprint density at radius 1 is 1.36 bits per heavy atom. The van der Waals surface area contributed by atoms with Gasteiger partial charge in [0.1, 0.15) is 11.4 Å². The average Bonchev–Trinajstić information content (AvgIpc) is 3.20. The fourth-order valence-electron chi connectivity index (χ4n) is 3.94. The molecule has 3 heterocycles. The number of halogens is 2. The number of nitrogens with zero attached hydrogens (tertiary/aromatic N) is 3. The zero-order valence-electron chi connectivity index (χ0n) is 16.0. The Hall–Kier alpha value is -1.92. The second kappa shape index (κ2) is 6.85. The van der Waals surface area contributed by atoms with Crippen molar-refractivity contribution in [2.75, 3.05) is 11.4 Å². The fourth-order valence-corrected chi connectivity index (χ4v) is 4.57. The minimum absolute atomic E-state index is 0.384. The molecule has 0 fully saturated rings. The van der Waals surface area contributed by atoms with Crippen LogP contribution < -0.4 is 4.90 Å². The van der Waals surface area contributed by atoms with Gasteiger partial charge in [-0.2, -0.15) is 0 Å². The molecule has 0 aromatic carbocycles. The number of pyridine rings is 2. The molecule has 2 aromatic rings. The van der Waals surface area contributed by atoms with E-state index in [1.54, 1.807) is 17.3 Å². The largest absolute Gasteiger partial charge is 0.443 e. The summed E-state index contributed by atoms with van der Waals surface area (Å²) in [4.78, 5) is 23.3. The number of aromatic nitrogens is 2. The van der Waals surface area contributed by atoms with Gasteiger partial charge in [0.15, 0.2) is 0 Å². The third-order valence-electron chi connectivity index (χ3n) is 5.08. The van der Waals surface area contributed by atoms with E-state index in [0.717, 1.165) is 28.4 Å². The summed E-state index contributed by atoms with van der Waals surface area (Å²) in [6.45, 7) is 6.03. The summed E-state index contributed by atoms with van der Waals surface area (Å²) in [5, 5.41) is 0.597. The molecule has 146 valence electrons. The maximum atomic E-state index is 12.9. The van der Waals surface area contributed by atoms with Gasteiger partial charge in [-0.05, 0) is 66.7 Å². The van der Waals surface area contributed by atoms with Crippen molar-refractivity contribution < 1.29 is 9.53 Å². The van der Waals surface area contributed by atoms with Gasteiger partial charge >= 0.3 is 6.09 Å². The van der Waals surface area contributed by atoms with E-state index in [1.165, 1.54) is 5.57 Å². The van der Waals surface area contributed by atoms with E-state index in [4.69, 9.17) is 16.3 Å². The van der Waals surface area contributed by atoms with Gasteiger partial charge < -0.3 is 4.74 Å². The Labute approximate surface area is 177 Å². The van der Waals surface area contributed by atoms with Crippen LogP contribution in [-0.2, 0) is 10.2 Å². The second-order valence-corrected chi connectivity index (χ2v) is 9.48. The van der Waals surface area contributed by atoms with E-state index in [-0.39, 0.29) is 5.41 Å². The van der Waals surface area contributed by atoms with Crippen LogP contribution in [0.3, 0.4) is 0 Å². The molecular formula is C21H21BrClN3O2. The van der Waals surface area contributed by atoms with Crippen molar-refractivity contribution in [3.8, 4) is 0 Å². The van der Waals surface area contributed by atoms with Crippen molar-refractivity contribution in [2.45, 2.75) is 44.6 Å². The van der Waals surface area contributed by atoms with E-state index < -0.39 is 11.7 Å². The quantitative estimate of drug-likeness (QED) is 0.540. The topological polar surface area (TPSA) is 55.3 Å². The summed E-state index contributed by atoms with van der Waals surface area (Å²) < 4.78 is 6.35. The molecule has 4 rings (SSSR count). The van der Waals surface area contributed by atoms with E-state index in [2.05, 4.69) is 38.0 Å². The third-order valence-corrected chi connectivity index (χ3v) is 6.31. The van der Waals surface area contributed by atoms with Crippen LogP contribution in [-0.4, -0.2) is 28.2 Å². The molecule has 0 radical (unpaired) electrons. The Balaban J connectivity index is 1.80. The maximum absolute atomic E-state index is 12.9. The SMILES string of the molecule is CC(C)(C)OC(=O)N1CC2(C=C(c3cccnc3)CC2)c2c1ncc(Br)c2Cl. The minimum Gasteiger partial charge on any atom is -0.443 e. The molecule has 1 atom stereocenters. The number of amides is 1. The van der Waals surface area contributed by atoms with Crippen molar-refractivity contribution >= 4 is 45.0 Å². The minimum atomic E-state index is -0.585. The number of ether oxygens (including phenoxy) is 1. The lowest BCUT2D eigenvalue weighted by Gasteiger charge is -2.26. The molecule has 7 heteroatoms. The molecule has 0 bridgehead atoms. The number of hydrogen-bond donors (Lipinski definition) is 0. The van der Waals surface area contributed by atoms with Gasteiger partial charge in [-0.15, -0.1) is 0 Å². The summed E-state index contributed by atoms with van der Waals surface area (Å²) in [7, 11) is 0. The number of carbonyl (C=O) groups is 1. The first-order chi connectivity index (χ1) is 13.2. The normalized spacial score (nSPS) is 21.0. The molecule has 1 unspecified atom stereocenters. The Morgan fingerprint density at radius 2 is 2.14 bits per heavy atom. The highest BCUT2D eigenvalue weighted by Crippen LogP contribution is 2.53. The van der Waals surface area contributed by atoms with Crippen LogP contribution >= 0.6 is 27.5 Å². The Bertz CT molecular complexity index is 972. The van der Waals surface area contributed by atoms with Crippen LogP contribution in [0.4, 0.5) is 10.6 Å². The predicted octanol–water partition coefficient (Wildman–Crippen LogP) is 5.76. The number of anilines is 1. The van der Waals surface area contributed by atoms with Gasteiger partial charge in [0, 0.05) is 36.1 Å². The molecule has 1 aliphatic carbocycles. The predicted molar refractivity (Wildman–Crippen MR) is 114 cm³/mol. The summed E-state index contributed by atoms with van der Waals surface area (Å²) in [6.07, 6.45) is 8.83. The van der Waals surface area contributed by atoms with Gasteiger partial charge in [0.25, 0.3) is 0 Å². The first-order valence-electron chi connectivity index (χ1n) is 9.17.